The molecule has 6 nitrogen and oxygen atoms in total. The summed E-state index contributed by atoms with van der Waals surface area (Å²) in [5.41, 5.74) is 2.31. The fourth-order valence-electron chi connectivity index (χ4n) is 4.49. The molecule has 0 amide bonds. The molecule has 34 heavy (non-hydrogen) atoms. The van der Waals surface area contributed by atoms with E-state index in [1.54, 1.807) is 0 Å². The second-order valence-electron chi connectivity index (χ2n) is 9.28. The molecule has 0 N–H and O–H groups in total. The van der Waals surface area contributed by atoms with Crippen molar-refractivity contribution in [2.45, 2.75) is 51.8 Å². The van der Waals surface area contributed by atoms with Crippen LogP contribution in [0.25, 0.3) is 0 Å². The Morgan fingerprint density at radius 2 is 1.65 bits per heavy atom. The van der Waals surface area contributed by atoms with Crippen LogP contribution in [0.4, 0.5) is 0 Å². The standard InChI is InChI=1S/C28H37N3O3/c1-23-5-9-27(10-6-23)34-22-28(32-3)13-4-16-30(17-14-28)21-25-7-11-26(12-8-25)33-20-19-31-18-15-29-24(31)2/h5-12,15,18H,4,13-14,16-17,19-22H2,1-3H3/t28-/m1/s1. The Labute approximate surface area is 203 Å². The third-order valence-electron chi connectivity index (χ3n) is 6.80. The first-order valence-corrected chi connectivity index (χ1v) is 12.2. The Morgan fingerprint density at radius 1 is 0.912 bits per heavy atom. The number of methoxy groups -OCH3 is 1. The third-order valence-corrected chi connectivity index (χ3v) is 6.80. The molecule has 1 fully saturated rings. The van der Waals surface area contributed by atoms with Crippen molar-refractivity contribution in [2.24, 2.45) is 0 Å². The van der Waals surface area contributed by atoms with Crippen LogP contribution in [-0.2, 0) is 17.8 Å². The van der Waals surface area contributed by atoms with Crippen LogP contribution in [0.3, 0.4) is 0 Å². The van der Waals surface area contributed by atoms with E-state index in [0.717, 1.165) is 62.8 Å². The van der Waals surface area contributed by atoms with Crippen molar-refractivity contribution >= 4 is 0 Å². The minimum atomic E-state index is -0.231. The van der Waals surface area contributed by atoms with Gasteiger partial charge in [0.2, 0.25) is 0 Å². The highest BCUT2D eigenvalue weighted by molar-refractivity contribution is 5.27. The molecule has 0 radical (unpaired) electrons. The summed E-state index contributed by atoms with van der Waals surface area (Å²) in [6, 6.07) is 16.7. The summed E-state index contributed by atoms with van der Waals surface area (Å²) in [5.74, 6) is 2.82. The van der Waals surface area contributed by atoms with Gasteiger partial charge in [0.05, 0.1) is 6.54 Å². The van der Waals surface area contributed by atoms with E-state index in [4.69, 9.17) is 14.2 Å². The van der Waals surface area contributed by atoms with Gasteiger partial charge in [-0.05, 0) is 69.5 Å². The molecule has 3 aromatic rings. The number of rotatable bonds is 10. The fourth-order valence-corrected chi connectivity index (χ4v) is 4.49. The van der Waals surface area contributed by atoms with E-state index in [0.29, 0.717) is 13.2 Å². The van der Waals surface area contributed by atoms with Gasteiger partial charge in [0.25, 0.3) is 0 Å². The zero-order valence-corrected chi connectivity index (χ0v) is 20.7. The molecular weight excluding hydrogens is 426 g/mol. The molecule has 6 heteroatoms. The SMILES string of the molecule is CO[C@]1(COc2ccc(C)cc2)CCCN(Cc2ccc(OCCn3ccnc3C)cc2)CC1. The Morgan fingerprint density at radius 3 is 2.35 bits per heavy atom. The van der Waals surface area contributed by atoms with Gasteiger partial charge in [-0.1, -0.05) is 29.8 Å². The van der Waals surface area contributed by atoms with Crippen molar-refractivity contribution in [1.82, 2.24) is 14.5 Å². The Balaban J connectivity index is 1.24. The van der Waals surface area contributed by atoms with Crippen LogP contribution in [-0.4, -0.2) is 53.5 Å². The summed E-state index contributed by atoms with van der Waals surface area (Å²) in [7, 11) is 1.82. The van der Waals surface area contributed by atoms with Crippen LogP contribution in [0.15, 0.2) is 60.9 Å². The van der Waals surface area contributed by atoms with Gasteiger partial charge in [-0.25, -0.2) is 4.98 Å². The molecule has 182 valence electrons. The molecule has 0 saturated carbocycles. The number of imidazole rings is 1. The van der Waals surface area contributed by atoms with E-state index in [1.165, 1.54) is 11.1 Å². The number of hydrogen-bond acceptors (Lipinski definition) is 5. The average molecular weight is 464 g/mol. The molecule has 1 aliphatic heterocycles. The van der Waals surface area contributed by atoms with Crippen LogP contribution in [0.1, 0.15) is 36.2 Å². The molecule has 0 unspecified atom stereocenters. The Hall–Kier alpha value is -2.83. The lowest BCUT2D eigenvalue weighted by molar-refractivity contribution is -0.0541. The van der Waals surface area contributed by atoms with E-state index in [2.05, 4.69) is 57.8 Å². The maximum atomic E-state index is 6.12. The van der Waals surface area contributed by atoms with Gasteiger partial charge in [-0.2, -0.15) is 0 Å². The number of aryl methyl sites for hydroxylation is 2. The maximum Gasteiger partial charge on any atom is 0.119 e. The number of aromatic nitrogens is 2. The van der Waals surface area contributed by atoms with Gasteiger partial charge in [-0.15, -0.1) is 0 Å². The third kappa shape index (κ3) is 6.61. The van der Waals surface area contributed by atoms with Gasteiger partial charge in [0.15, 0.2) is 0 Å². The molecule has 4 rings (SSSR count). The number of likely N-dealkylation sites (tertiary alicyclic amines) is 1. The van der Waals surface area contributed by atoms with E-state index in [9.17, 15) is 0 Å². The highest BCUT2D eigenvalue weighted by atomic mass is 16.5. The van der Waals surface area contributed by atoms with E-state index >= 15 is 0 Å². The number of nitrogens with zero attached hydrogens (tertiary/aromatic N) is 3. The van der Waals surface area contributed by atoms with Crippen molar-refractivity contribution in [1.29, 1.82) is 0 Å². The minimum absolute atomic E-state index is 0.231. The van der Waals surface area contributed by atoms with Crippen LogP contribution in [0, 0.1) is 13.8 Å². The fraction of sp³-hybridized carbons (Fsp3) is 0.464. The predicted octanol–water partition coefficient (Wildman–Crippen LogP) is 5.03. The number of benzene rings is 2. The summed E-state index contributed by atoms with van der Waals surface area (Å²) in [6.07, 6.45) is 6.87. The second-order valence-corrected chi connectivity index (χ2v) is 9.28. The van der Waals surface area contributed by atoms with Gasteiger partial charge in [0.1, 0.15) is 36.1 Å². The molecule has 0 spiro atoms. The minimum Gasteiger partial charge on any atom is -0.492 e. The van der Waals surface area contributed by atoms with Crippen LogP contribution >= 0.6 is 0 Å². The van der Waals surface area contributed by atoms with Crippen LogP contribution in [0.5, 0.6) is 11.5 Å². The average Bonchev–Trinajstić information content (AvgIpc) is 3.15. The topological polar surface area (TPSA) is 48.8 Å². The molecule has 0 bridgehead atoms. The summed E-state index contributed by atoms with van der Waals surface area (Å²) >= 11 is 0. The van der Waals surface area contributed by atoms with E-state index in [1.807, 2.05) is 38.6 Å². The van der Waals surface area contributed by atoms with Crippen LogP contribution in [0.2, 0.25) is 0 Å². The van der Waals surface area contributed by atoms with Crippen molar-refractivity contribution in [3.63, 3.8) is 0 Å². The smallest absolute Gasteiger partial charge is 0.119 e. The highest BCUT2D eigenvalue weighted by Crippen LogP contribution is 2.28. The Bertz CT molecular complexity index is 1020. The zero-order chi connectivity index (χ0) is 23.8. The molecule has 0 aliphatic carbocycles. The maximum absolute atomic E-state index is 6.12. The van der Waals surface area contributed by atoms with Crippen molar-refractivity contribution in [3.8, 4) is 11.5 Å². The molecule has 2 heterocycles. The lowest BCUT2D eigenvalue weighted by atomic mass is 9.95. The van der Waals surface area contributed by atoms with Gasteiger partial charge < -0.3 is 18.8 Å². The Kier molecular flexibility index (Phi) is 8.25. The second kappa shape index (κ2) is 11.5. The van der Waals surface area contributed by atoms with Gasteiger partial charge in [-0.3, -0.25) is 4.90 Å². The first-order chi connectivity index (χ1) is 16.5. The van der Waals surface area contributed by atoms with Gasteiger partial charge >= 0.3 is 0 Å². The predicted molar refractivity (Wildman–Crippen MR) is 134 cm³/mol. The molecule has 1 aromatic heterocycles. The van der Waals surface area contributed by atoms with Gasteiger partial charge in [0, 0.05) is 32.6 Å². The van der Waals surface area contributed by atoms with Crippen molar-refractivity contribution in [2.75, 3.05) is 33.4 Å². The first-order valence-electron chi connectivity index (χ1n) is 12.2. The van der Waals surface area contributed by atoms with Crippen molar-refractivity contribution < 1.29 is 14.2 Å². The normalized spacial score (nSPS) is 19.0. The lowest BCUT2D eigenvalue weighted by Gasteiger charge is -2.31. The number of ether oxygens (including phenoxy) is 3. The van der Waals surface area contributed by atoms with Crippen molar-refractivity contribution in [3.05, 3.63) is 77.9 Å². The lowest BCUT2D eigenvalue weighted by Crippen LogP contribution is -2.39. The zero-order valence-electron chi connectivity index (χ0n) is 20.7. The molecule has 1 atom stereocenters. The molecule has 1 aliphatic rings. The summed E-state index contributed by atoms with van der Waals surface area (Å²) in [4.78, 5) is 6.76. The quantitative estimate of drug-likeness (QED) is 0.422. The largest absolute Gasteiger partial charge is 0.492 e. The molecule has 2 aromatic carbocycles. The summed E-state index contributed by atoms with van der Waals surface area (Å²) < 4.78 is 20.1. The van der Waals surface area contributed by atoms with E-state index < -0.39 is 0 Å². The highest BCUT2D eigenvalue weighted by Gasteiger charge is 2.33. The van der Waals surface area contributed by atoms with Crippen LogP contribution < -0.4 is 9.47 Å². The molecule has 1 saturated heterocycles. The first kappa shape index (κ1) is 24.3. The monoisotopic (exact) mass is 463 g/mol. The van der Waals surface area contributed by atoms with E-state index in [-0.39, 0.29) is 5.60 Å². The number of hydrogen-bond donors (Lipinski definition) is 0. The summed E-state index contributed by atoms with van der Waals surface area (Å²) in [6.45, 7) is 9.11. The summed E-state index contributed by atoms with van der Waals surface area (Å²) in [5, 5.41) is 0. The molecular formula is C28H37N3O3.